The molecule has 7 heteroatoms. The number of hydrogen-bond donors (Lipinski definition) is 0. The van der Waals surface area contributed by atoms with Crippen molar-refractivity contribution in [1.82, 2.24) is 29.2 Å². The predicted octanol–water partition coefficient (Wildman–Crippen LogP) is 0.949. The van der Waals surface area contributed by atoms with Gasteiger partial charge in [0.05, 0.1) is 12.6 Å². The van der Waals surface area contributed by atoms with E-state index in [1.165, 1.54) is 0 Å². The highest BCUT2D eigenvalue weighted by atomic mass is 16.2. The average molecular weight is 288 g/mol. The number of imidazole rings is 1. The zero-order valence-corrected chi connectivity index (χ0v) is 12.7. The number of amides is 1. The number of rotatable bonds is 3. The maximum atomic E-state index is 12.5. The summed E-state index contributed by atoms with van der Waals surface area (Å²) in [5.74, 6) is 2.81. The van der Waals surface area contributed by atoms with E-state index in [1.54, 1.807) is 6.20 Å². The third-order valence-corrected chi connectivity index (χ3v) is 3.97. The van der Waals surface area contributed by atoms with Gasteiger partial charge >= 0.3 is 0 Å². The van der Waals surface area contributed by atoms with Crippen molar-refractivity contribution in [3.8, 4) is 0 Å². The maximum absolute atomic E-state index is 12.5. The number of nitrogens with zero attached hydrogens (tertiary/aromatic N) is 6. The van der Waals surface area contributed by atoms with Gasteiger partial charge in [0.2, 0.25) is 5.91 Å². The Labute approximate surface area is 123 Å². The molecule has 0 spiro atoms. The largest absolute Gasteiger partial charge is 0.332 e. The number of hydrogen-bond acceptors (Lipinski definition) is 4. The van der Waals surface area contributed by atoms with Crippen molar-refractivity contribution in [3.05, 3.63) is 29.9 Å². The third kappa shape index (κ3) is 2.43. The Kier molecular flexibility index (Phi) is 3.48. The smallest absolute Gasteiger partial charge is 0.243 e. The lowest BCUT2D eigenvalue weighted by atomic mass is 10.2. The normalized spacial score (nSPS) is 17.9. The van der Waals surface area contributed by atoms with E-state index in [2.05, 4.69) is 26.7 Å². The van der Waals surface area contributed by atoms with Crippen molar-refractivity contribution in [2.24, 2.45) is 0 Å². The van der Waals surface area contributed by atoms with E-state index in [0.717, 1.165) is 23.9 Å². The van der Waals surface area contributed by atoms with Gasteiger partial charge in [0.25, 0.3) is 0 Å². The second kappa shape index (κ2) is 5.31. The van der Waals surface area contributed by atoms with Crippen LogP contribution in [0.2, 0.25) is 0 Å². The van der Waals surface area contributed by atoms with Crippen LogP contribution in [0, 0.1) is 6.92 Å². The van der Waals surface area contributed by atoms with Crippen LogP contribution < -0.4 is 0 Å². The quantitative estimate of drug-likeness (QED) is 0.843. The fraction of sp³-hybridized carbons (Fsp3) is 0.571. The molecule has 0 saturated heterocycles. The van der Waals surface area contributed by atoms with Crippen molar-refractivity contribution in [3.63, 3.8) is 0 Å². The zero-order chi connectivity index (χ0) is 15.0. The summed E-state index contributed by atoms with van der Waals surface area (Å²) in [6.45, 7) is 7.64. The zero-order valence-electron chi connectivity index (χ0n) is 12.7. The molecule has 1 atom stereocenters. The van der Waals surface area contributed by atoms with Gasteiger partial charge in [0.1, 0.15) is 18.2 Å². The molecule has 0 fully saturated rings. The number of carbonyl (C=O) groups is 1. The van der Waals surface area contributed by atoms with Gasteiger partial charge < -0.3 is 14.0 Å². The van der Waals surface area contributed by atoms with Gasteiger partial charge in [-0.15, -0.1) is 10.2 Å². The first-order valence-corrected chi connectivity index (χ1v) is 7.28. The summed E-state index contributed by atoms with van der Waals surface area (Å²) in [7, 11) is 0. The Balaban J connectivity index is 1.75. The first-order valence-electron chi connectivity index (χ1n) is 7.28. The van der Waals surface area contributed by atoms with Crippen molar-refractivity contribution in [2.75, 3.05) is 6.54 Å². The SMILES string of the molecule is CCc1nccn1CC(=O)N1Cc2nnc(C)n2[C@@H](C)C1. The van der Waals surface area contributed by atoms with Crippen LogP contribution in [-0.4, -0.2) is 41.7 Å². The number of fused-ring (bicyclic) bond motifs is 1. The summed E-state index contributed by atoms with van der Waals surface area (Å²) in [5.41, 5.74) is 0. The highest BCUT2D eigenvalue weighted by molar-refractivity contribution is 5.76. The maximum Gasteiger partial charge on any atom is 0.243 e. The molecule has 0 radical (unpaired) electrons. The molecule has 2 aromatic heterocycles. The molecule has 0 N–H and O–H groups in total. The molecule has 1 aliphatic rings. The van der Waals surface area contributed by atoms with Crippen molar-refractivity contribution in [1.29, 1.82) is 0 Å². The number of aromatic nitrogens is 5. The fourth-order valence-corrected chi connectivity index (χ4v) is 2.96. The van der Waals surface area contributed by atoms with E-state index in [4.69, 9.17) is 0 Å². The van der Waals surface area contributed by atoms with Crippen molar-refractivity contribution in [2.45, 2.75) is 46.3 Å². The Hall–Kier alpha value is -2.18. The second-order valence-corrected chi connectivity index (χ2v) is 5.48. The van der Waals surface area contributed by atoms with E-state index in [1.807, 2.05) is 29.5 Å². The van der Waals surface area contributed by atoms with Crippen LogP contribution in [0.1, 0.15) is 37.4 Å². The van der Waals surface area contributed by atoms with Crippen LogP contribution >= 0.6 is 0 Å². The summed E-state index contributed by atoms with van der Waals surface area (Å²) in [6, 6.07) is 0.209. The van der Waals surface area contributed by atoms with Crippen molar-refractivity contribution < 1.29 is 4.79 Å². The summed E-state index contributed by atoms with van der Waals surface area (Å²) in [6.07, 6.45) is 4.42. The second-order valence-electron chi connectivity index (χ2n) is 5.48. The summed E-state index contributed by atoms with van der Waals surface area (Å²) >= 11 is 0. The summed E-state index contributed by atoms with van der Waals surface area (Å²) in [4.78, 5) is 18.6. The molecule has 3 rings (SSSR count). The van der Waals surface area contributed by atoms with E-state index in [0.29, 0.717) is 19.6 Å². The lowest BCUT2D eigenvalue weighted by Gasteiger charge is -2.32. The lowest BCUT2D eigenvalue weighted by Crippen LogP contribution is -2.42. The molecule has 0 bridgehead atoms. The molecule has 2 aromatic rings. The minimum atomic E-state index is 0.0986. The number of aryl methyl sites for hydroxylation is 2. The average Bonchev–Trinajstić information content (AvgIpc) is 3.05. The van der Waals surface area contributed by atoms with Gasteiger partial charge in [0, 0.05) is 25.4 Å². The first kappa shape index (κ1) is 13.8. The molecule has 0 unspecified atom stereocenters. The van der Waals surface area contributed by atoms with Gasteiger partial charge in [0.15, 0.2) is 5.82 Å². The molecule has 7 nitrogen and oxygen atoms in total. The Morgan fingerprint density at radius 1 is 1.43 bits per heavy atom. The first-order chi connectivity index (χ1) is 10.1. The molecule has 1 aliphatic heterocycles. The highest BCUT2D eigenvalue weighted by Gasteiger charge is 2.28. The van der Waals surface area contributed by atoms with Crippen molar-refractivity contribution >= 4 is 5.91 Å². The van der Waals surface area contributed by atoms with E-state index < -0.39 is 0 Å². The third-order valence-electron chi connectivity index (χ3n) is 3.97. The molecule has 3 heterocycles. The van der Waals surface area contributed by atoms with Gasteiger partial charge in [-0.3, -0.25) is 4.79 Å². The molecule has 21 heavy (non-hydrogen) atoms. The van der Waals surface area contributed by atoms with Crippen LogP contribution in [0.3, 0.4) is 0 Å². The number of carbonyl (C=O) groups excluding carboxylic acids is 1. The standard InChI is InChI=1S/C14H20N6O/c1-4-12-15-5-6-18(12)9-14(21)19-7-10(2)20-11(3)16-17-13(20)8-19/h5-6,10H,4,7-9H2,1-3H3/t10-/m0/s1. The Morgan fingerprint density at radius 2 is 2.24 bits per heavy atom. The van der Waals surface area contributed by atoms with Crippen LogP contribution in [0.5, 0.6) is 0 Å². The molecule has 112 valence electrons. The Morgan fingerprint density at radius 3 is 3.00 bits per heavy atom. The van der Waals surface area contributed by atoms with Gasteiger partial charge in [-0.05, 0) is 13.8 Å². The molecular formula is C14H20N6O. The predicted molar refractivity (Wildman–Crippen MR) is 76.5 cm³/mol. The van der Waals surface area contributed by atoms with Crippen LogP contribution in [0.4, 0.5) is 0 Å². The lowest BCUT2D eigenvalue weighted by molar-refractivity contribution is -0.133. The summed E-state index contributed by atoms with van der Waals surface area (Å²) < 4.78 is 4.02. The minimum absolute atomic E-state index is 0.0986. The van der Waals surface area contributed by atoms with Gasteiger partial charge in [-0.2, -0.15) is 0 Å². The minimum Gasteiger partial charge on any atom is -0.332 e. The Bertz CT molecular complexity index is 658. The topological polar surface area (TPSA) is 68.8 Å². The van der Waals surface area contributed by atoms with E-state index in [-0.39, 0.29) is 11.9 Å². The molecule has 0 saturated carbocycles. The summed E-state index contributed by atoms with van der Waals surface area (Å²) in [5, 5.41) is 8.28. The fourth-order valence-electron chi connectivity index (χ4n) is 2.96. The highest BCUT2D eigenvalue weighted by Crippen LogP contribution is 2.21. The van der Waals surface area contributed by atoms with Crippen LogP contribution in [-0.2, 0) is 24.3 Å². The van der Waals surface area contributed by atoms with Gasteiger partial charge in [-0.1, -0.05) is 6.92 Å². The molecule has 0 aromatic carbocycles. The van der Waals surface area contributed by atoms with Crippen LogP contribution in [0.25, 0.3) is 0 Å². The molecule has 0 aliphatic carbocycles. The molecular weight excluding hydrogens is 268 g/mol. The van der Waals surface area contributed by atoms with Gasteiger partial charge in [-0.25, -0.2) is 4.98 Å². The van der Waals surface area contributed by atoms with E-state index in [9.17, 15) is 4.79 Å². The van der Waals surface area contributed by atoms with Crippen LogP contribution in [0.15, 0.2) is 12.4 Å². The monoisotopic (exact) mass is 288 g/mol. The van der Waals surface area contributed by atoms with E-state index >= 15 is 0 Å². The molecule has 1 amide bonds.